The maximum absolute atomic E-state index is 12.7. The molecule has 2 aliphatic rings. The van der Waals surface area contributed by atoms with Crippen LogP contribution in [0.2, 0.25) is 0 Å². The van der Waals surface area contributed by atoms with Crippen molar-refractivity contribution < 1.29 is 24.1 Å². The molecule has 0 unspecified atom stereocenters. The monoisotopic (exact) mass is 544 g/mol. The second kappa shape index (κ2) is 15.5. The van der Waals surface area contributed by atoms with Crippen LogP contribution in [0.15, 0.2) is 24.3 Å². The Morgan fingerprint density at radius 3 is 2.54 bits per heavy atom. The molecular formula is C26H40N8O5. The van der Waals surface area contributed by atoms with Crippen molar-refractivity contribution >= 4 is 29.4 Å². The summed E-state index contributed by atoms with van der Waals surface area (Å²) in [5.74, 6) is 1.23. The van der Waals surface area contributed by atoms with Crippen LogP contribution in [0.4, 0.5) is 23.5 Å². The SMILES string of the molecule is NCCOCCOCCNC(=O)c1cccc(Nc2nc(NC3CCC(O)CC3)nc(N3CCOCC3)n2)c1. The predicted molar refractivity (Wildman–Crippen MR) is 147 cm³/mol. The largest absolute Gasteiger partial charge is 0.393 e. The first-order chi connectivity index (χ1) is 19.1. The minimum absolute atomic E-state index is 0.190. The lowest BCUT2D eigenvalue weighted by Crippen LogP contribution is -2.38. The van der Waals surface area contributed by atoms with Crippen LogP contribution in [0.3, 0.4) is 0 Å². The quantitative estimate of drug-likeness (QED) is 0.213. The van der Waals surface area contributed by atoms with E-state index in [4.69, 9.17) is 19.9 Å². The van der Waals surface area contributed by atoms with Crippen molar-refractivity contribution in [2.45, 2.75) is 37.8 Å². The van der Waals surface area contributed by atoms with E-state index in [1.54, 1.807) is 18.2 Å². The lowest BCUT2D eigenvalue weighted by molar-refractivity contribution is 0.0511. The Kier molecular flexibility index (Phi) is 11.5. The van der Waals surface area contributed by atoms with E-state index in [-0.39, 0.29) is 18.1 Å². The number of carbonyl (C=O) groups excluding carboxylic acids is 1. The molecule has 2 fully saturated rings. The van der Waals surface area contributed by atoms with Gasteiger partial charge in [0, 0.05) is 43.5 Å². The molecule has 4 rings (SSSR count). The maximum atomic E-state index is 12.7. The Balaban J connectivity index is 1.37. The van der Waals surface area contributed by atoms with E-state index in [0.717, 1.165) is 25.7 Å². The number of amides is 1. The number of aromatic nitrogens is 3. The lowest BCUT2D eigenvalue weighted by Gasteiger charge is -2.28. The van der Waals surface area contributed by atoms with E-state index in [1.165, 1.54) is 0 Å². The Morgan fingerprint density at radius 1 is 1.03 bits per heavy atom. The van der Waals surface area contributed by atoms with Gasteiger partial charge in [-0.1, -0.05) is 6.07 Å². The second-order valence-corrected chi connectivity index (χ2v) is 9.51. The van der Waals surface area contributed by atoms with E-state index in [0.29, 0.717) is 94.9 Å². The number of morpholine rings is 1. The summed E-state index contributed by atoms with van der Waals surface area (Å²) in [6, 6.07) is 7.36. The number of rotatable bonds is 14. The summed E-state index contributed by atoms with van der Waals surface area (Å²) in [7, 11) is 0. The topological polar surface area (TPSA) is 169 Å². The number of anilines is 4. The zero-order valence-corrected chi connectivity index (χ0v) is 22.3. The van der Waals surface area contributed by atoms with Crippen LogP contribution in [0.5, 0.6) is 0 Å². The smallest absolute Gasteiger partial charge is 0.251 e. The highest BCUT2D eigenvalue weighted by atomic mass is 16.5. The first-order valence-corrected chi connectivity index (χ1v) is 13.6. The average Bonchev–Trinajstić information content (AvgIpc) is 2.96. The highest BCUT2D eigenvalue weighted by Crippen LogP contribution is 2.24. The number of nitrogens with one attached hydrogen (secondary N) is 3. The highest BCUT2D eigenvalue weighted by molar-refractivity contribution is 5.95. The number of benzene rings is 1. The fraction of sp³-hybridized carbons (Fsp3) is 0.615. The number of hydrogen-bond acceptors (Lipinski definition) is 12. The van der Waals surface area contributed by atoms with Gasteiger partial charge in [-0.05, 0) is 43.9 Å². The van der Waals surface area contributed by atoms with Crippen LogP contribution in [0, 0.1) is 0 Å². The molecule has 2 heterocycles. The molecule has 0 radical (unpaired) electrons. The second-order valence-electron chi connectivity index (χ2n) is 9.51. The molecule has 13 heteroatoms. The van der Waals surface area contributed by atoms with Gasteiger partial charge in [0.15, 0.2) is 0 Å². The number of aliphatic hydroxyl groups excluding tert-OH is 1. The van der Waals surface area contributed by atoms with E-state index >= 15 is 0 Å². The molecule has 0 bridgehead atoms. The molecule has 1 saturated heterocycles. The Morgan fingerprint density at radius 2 is 1.77 bits per heavy atom. The van der Waals surface area contributed by atoms with Crippen molar-refractivity contribution in [3.63, 3.8) is 0 Å². The van der Waals surface area contributed by atoms with Gasteiger partial charge in [0.05, 0.1) is 45.7 Å². The summed E-state index contributed by atoms with van der Waals surface area (Å²) in [6.07, 6.45) is 2.99. The average molecular weight is 545 g/mol. The number of nitrogens with two attached hydrogens (primary N) is 1. The van der Waals surface area contributed by atoms with E-state index in [1.807, 2.05) is 6.07 Å². The van der Waals surface area contributed by atoms with Crippen molar-refractivity contribution in [3.05, 3.63) is 29.8 Å². The lowest BCUT2D eigenvalue weighted by atomic mass is 9.93. The van der Waals surface area contributed by atoms with Gasteiger partial charge in [0.1, 0.15) is 0 Å². The number of nitrogens with zero attached hydrogens (tertiary/aromatic N) is 4. The highest BCUT2D eigenvalue weighted by Gasteiger charge is 2.22. The molecule has 1 aromatic heterocycles. The number of hydrogen-bond donors (Lipinski definition) is 5. The zero-order valence-electron chi connectivity index (χ0n) is 22.3. The van der Waals surface area contributed by atoms with Crippen molar-refractivity contribution in [1.82, 2.24) is 20.3 Å². The van der Waals surface area contributed by atoms with Gasteiger partial charge in [-0.25, -0.2) is 0 Å². The van der Waals surface area contributed by atoms with Gasteiger partial charge in [-0.3, -0.25) is 4.79 Å². The maximum Gasteiger partial charge on any atom is 0.251 e. The molecule has 0 spiro atoms. The molecule has 13 nitrogen and oxygen atoms in total. The third-order valence-corrected chi connectivity index (χ3v) is 6.49. The molecule has 1 aromatic carbocycles. The van der Waals surface area contributed by atoms with Crippen LogP contribution in [-0.4, -0.2) is 104 Å². The molecule has 2 aromatic rings. The van der Waals surface area contributed by atoms with Crippen LogP contribution < -0.4 is 26.6 Å². The molecular weight excluding hydrogens is 504 g/mol. The van der Waals surface area contributed by atoms with Crippen LogP contribution in [-0.2, 0) is 14.2 Å². The predicted octanol–water partition coefficient (Wildman–Crippen LogP) is 0.889. The molecule has 1 amide bonds. The number of ether oxygens (including phenoxy) is 3. The summed E-state index contributed by atoms with van der Waals surface area (Å²) in [4.78, 5) is 28.7. The van der Waals surface area contributed by atoms with Gasteiger partial charge in [-0.15, -0.1) is 0 Å². The molecule has 0 atom stereocenters. The number of aliphatic hydroxyl groups is 1. The normalized spacial score (nSPS) is 19.5. The Hall–Kier alpha value is -3.10. The van der Waals surface area contributed by atoms with Gasteiger partial charge >= 0.3 is 0 Å². The van der Waals surface area contributed by atoms with E-state index < -0.39 is 0 Å². The molecule has 1 aliphatic heterocycles. The first-order valence-electron chi connectivity index (χ1n) is 13.6. The van der Waals surface area contributed by atoms with Crippen LogP contribution >= 0.6 is 0 Å². The van der Waals surface area contributed by atoms with Gasteiger partial charge < -0.3 is 45.9 Å². The molecule has 214 valence electrons. The number of carbonyl (C=O) groups is 1. The van der Waals surface area contributed by atoms with Gasteiger partial charge in [-0.2, -0.15) is 15.0 Å². The van der Waals surface area contributed by atoms with E-state index in [2.05, 4.69) is 35.8 Å². The van der Waals surface area contributed by atoms with Crippen molar-refractivity contribution in [2.75, 3.05) is 81.4 Å². The van der Waals surface area contributed by atoms with Crippen molar-refractivity contribution in [3.8, 4) is 0 Å². The Labute approximate surface area is 228 Å². The molecule has 1 saturated carbocycles. The molecule has 1 aliphatic carbocycles. The van der Waals surface area contributed by atoms with Gasteiger partial charge in [0.2, 0.25) is 17.8 Å². The Bertz CT molecular complexity index is 1030. The van der Waals surface area contributed by atoms with Crippen molar-refractivity contribution in [2.24, 2.45) is 5.73 Å². The zero-order chi connectivity index (χ0) is 27.3. The molecule has 39 heavy (non-hydrogen) atoms. The molecule has 6 N–H and O–H groups in total. The third-order valence-electron chi connectivity index (χ3n) is 6.49. The first kappa shape index (κ1) is 28.9. The summed E-state index contributed by atoms with van der Waals surface area (Å²) >= 11 is 0. The summed E-state index contributed by atoms with van der Waals surface area (Å²) in [6.45, 7) is 5.31. The fourth-order valence-corrected chi connectivity index (χ4v) is 4.40. The summed E-state index contributed by atoms with van der Waals surface area (Å²) in [5, 5.41) is 19.4. The van der Waals surface area contributed by atoms with E-state index in [9.17, 15) is 9.90 Å². The van der Waals surface area contributed by atoms with Crippen LogP contribution in [0.1, 0.15) is 36.0 Å². The minimum atomic E-state index is -0.236. The fourth-order valence-electron chi connectivity index (χ4n) is 4.40. The van der Waals surface area contributed by atoms with Crippen LogP contribution in [0.25, 0.3) is 0 Å². The summed E-state index contributed by atoms with van der Waals surface area (Å²) < 4.78 is 16.2. The third kappa shape index (κ3) is 9.55. The van der Waals surface area contributed by atoms with Gasteiger partial charge in [0.25, 0.3) is 5.91 Å². The van der Waals surface area contributed by atoms with Crippen molar-refractivity contribution in [1.29, 1.82) is 0 Å². The summed E-state index contributed by atoms with van der Waals surface area (Å²) in [5.41, 5.74) is 6.56. The minimum Gasteiger partial charge on any atom is -0.393 e. The standard InChI is InChI=1S/C26H40N8O5/c27-8-12-37-16-17-38-13-9-28-23(36)19-2-1-3-21(18-19)30-25-31-24(29-20-4-6-22(35)7-5-20)32-26(33-25)34-10-14-39-15-11-34/h1-3,18,20,22,35H,4-17,27H2,(H,28,36)(H2,29,30,31,32,33).